The lowest BCUT2D eigenvalue weighted by molar-refractivity contribution is -0.125. The van der Waals surface area contributed by atoms with E-state index in [2.05, 4.69) is 5.32 Å². The number of methoxy groups -OCH3 is 3. The smallest absolute Gasteiger partial charge is 0.254 e. The molecule has 1 N–H and O–H groups in total. The van der Waals surface area contributed by atoms with Gasteiger partial charge in [-0.25, -0.2) is 0 Å². The van der Waals surface area contributed by atoms with Gasteiger partial charge in [-0.05, 0) is 42.8 Å². The second-order valence-electron chi connectivity index (χ2n) is 8.24. The fourth-order valence-corrected chi connectivity index (χ4v) is 4.45. The van der Waals surface area contributed by atoms with Gasteiger partial charge in [0.1, 0.15) is 11.5 Å². The molecule has 34 heavy (non-hydrogen) atoms. The van der Waals surface area contributed by atoms with Crippen molar-refractivity contribution in [3.8, 4) is 23.0 Å². The largest absolute Gasteiger partial charge is 0.497 e. The Morgan fingerprint density at radius 2 is 1.85 bits per heavy atom. The lowest BCUT2D eigenvalue weighted by atomic mass is 9.87. The van der Waals surface area contributed by atoms with Crippen molar-refractivity contribution in [2.24, 2.45) is 5.92 Å². The van der Waals surface area contributed by atoms with Crippen molar-refractivity contribution in [3.05, 3.63) is 47.5 Å². The van der Waals surface area contributed by atoms with Crippen LogP contribution in [-0.4, -0.2) is 71.1 Å². The molecule has 0 saturated carbocycles. The summed E-state index contributed by atoms with van der Waals surface area (Å²) in [5.74, 6) is 1.50. The van der Waals surface area contributed by atoms with Crippen molar-refractivity contribution < 1.29 is 33.3 Å². The Morgan fingerprint density at radius 3 is 2.62 bits per heavy atom. The number of nitrogens with one attached hydrogen (secondary N) is 1. The maximum absolute atomic E-state index is 13.4. The lowest BCUT2D eigenvalue weighted by Crippen LogP contribution is -2.36. The molecule has 2 aliphatic rings. The van der Waals surface area contributed by atoms with E-state index in [4.69, 9.17) is 23.7 Å². The highest BCUT2D eigenvalue weighted by Crippen LogP contribution is 2.40. The number of ether oxygens (including phenoxy) is 5. The molecule has 2 atom stereocenters. The van der Waals surface area contributed by atoms with E-state index in [1.165, 1.54) is 0 Å². The second-order valence-corrected chi connectivity index (χ2v) is 8.24. The van der Waals surface area contributed by atoms with Gasteiger partial charge in [0.15, 0.2) is 11.5 Å². The molecule has 0 aromatic heterocycles. The summed E-state index contributed by atoms with van der Waals surface area (Å²) >= 11 is 0. The van der Waals surface area contributed by atoms with Crippen molar-refractivity contribution in [1.82, 2.24) is 10.2 Å². The highest BCUT2D eigenvalue weighted by atomic mass is 16.7. The summed E-state index contributed by atoms with van der Waals surface area (Å²) in [6.07, 6.45) is 0.710. The first-order chi connectivity index (χ1) is 16.5. The third-order valence-corrected chi connectivity index (χ3v) is 6.22. The van der Waals surface area contributed by atoms with Crippen LogP contribution in [-0.2, 0) is 9.53 Å². The Labute approximate surface area is 198 Å². The van der Waals surface area contributed by atoms with Crippen LogP contribution in [0.2, 0.25) is 0 Å². The average Bonchev–Trinajstić information content (AvgIpc) is 3.52. The summed E-state index contributed by atoms with van der Waals surface area (Å²) < 4.78 is 26.8. The normalized spacial score (nSPS) is 18.6. The molecule has 2 aliphatic heterocycles. The molecular weight excluding hydrogens is 440 g/mol. The number of hydrogen-bond donors (Lipinski definition) is 1. The molecule has 2 aromatic rings. The minimum Gasteiger partial charge on any atom is -0.497 e. The van der Waals surface area contributed by atoms with Gasteiger partial charge >= 0.3 is 0 Å². The highest BCUT2D eigenvalue weighted by Gasteiger charge is 2.42. The van der Waals surface area contributed by atoms with E-state index in [0.29, 0.717) is 54.7 Å². The highest BCUT2D eigenvalue weighted by molar-refractivity contribution is 5.96. The molecule has 0 bridgehead atoms. The zero-order valence-corrected chi connectivity index (χ0v) is 19.7. The fourth-order valence-electron chi connectivity index (χ4n) is 4.45. The molecule has 2 aromatic carbocycles. The fraction of sp³-hybridized carbons (Fsp3) is 0.440. The molecule has 2 amide bonds. The van der Waals surface area contributed by atoms with Crippen LogP contribution in [0.1, 0.15) is 28.3 Å². The van der Waals surface area contributed by atoms with E-state index < -0.39 is 5.92 Å². The first kappa shape index (κ1) is 23.7. The van der Waals surface area contributed by atoms with Gasteiger partial charge < -0.3 is 33.9 Å². The SMILES string of the molecule is COCCCNC(=O)[C@H]1CN(C(=O)c2ccc3c(c2)OCO3)C[C@@H]1c1cc(OC)ccc1OC. The van der Waals surface area contributed by atoms with Crippen molar-refractivity contribution in [1.29, 1.82) is 0 Å². The summed E-state index contributed by atoms with van der Waals surface area (Å²) in [7, 11) is 4.81. The molecule has 0 unspecified atom stereocenters. The molecule has 0 spiro atoms. The zero-order valence-electron chi connectivity index (χ0n) is 19.7. The van der Waals surface area contributed by atoms with Crippen LogP contribution in [0.15, 0.2) is 36.4 Å². The number of fused-ring (bicyclic) bond motifs is 1. The maximum atomic E-state index is 13.4. The Balaban J connectivity index is 1.60. The minimum absolute atomic E-state index is 0.105. The Kier molecular flexibility index (Phi) is 7.42. The molecule has 2 heterocycles. The third-order valence-electron chi connectivity index (χ3n) is 6.22. The van der Waals surface area contributed by atoms with Gasteiger partial charge in [-0.15, -0.1) is 0 Å². The van der Waals surface area contributed by atoms with Crippen LogP contribution in [0.4, 0.5) is 0 Å². The average molecular weight is 471 g/mol. The van der Waals surface area contributed by atoms with E-state index in [1.54, 1.807) is 44.4 Å². The van der Waals surface area contributed by atoms with E-state index in [1.807, 2.05) is 18.2 Å². The standard InChI is InChI=1S/C25H30N2O7/c1-30-10-4-9-26-24(28)20-14-27(25(29)16-5-7-22-23(11-16)34-15-33-22)13-19(20)18-12-17(31-2)6-8-21(18)32-3/h5-8,11-12,19-20H,4,9-10,13-15H2,1-3H3,(H,26,28)/t19-,20+/m1/s1. The molecule has 9 nitrogen and oxygen atoms in total. The second kappa shape index (κ2) is 10.6. The Morgan fingerprint density at radius 1 is 1.03 bits per heavy atom. The van der Waals surface area contributed by atoms with E-state index >= 15 is 0 Å². The zero-order chi connectivity index (χ0) is 24.1. The first-order valence-electron chi connectivity index (χ1n) is 11.2. The number of benzene rings is 2. The van der Waals surface area contributed by atoms with Gasteiger partial charge in [0.05, 0.1) is 20.1 Å². The predicted molar refractivity (Wildman–Crippen MR) is 124 cm³/mol. The van der Waals surface area contributed by atoms with Crippen molar-refractivity contribution in [3.63, 3.8) is 0 Å². The van der Waals surface area contributed by atoms with Crippen LogP contribution in [0.5, 0.6) is 23.0 Å². The van der Waals surface area contributed by atoms with E-state index in [0.717, 1.165) is 5.56 Å². The first-order valence-corrected chi connectivity index (χ1v) is 11.2. The summed E-state index contributed by atoms with van der Waals surface area (Å²) in [5.41, 5.74) is 1.32. The molecular formula is C25H30N2O7. The molecule has 9 heteroatoms. The topological polar surface area (TPSA) is 95.6 Å². The van der Waals surface area contributed by atoms with Crippen LogP contribution < -0.4 is 24.3 Å². The number of nitrogens with zero attached hydrogens (tertiary/aromatic N) is 1. The quantitative estimate of drug-likeness (QED) is 0.563. The van der Waals surface area contributed by atoms with Crippen LogP contribution in [0.3, 0.4) is 0 Å². The third kappa shape index (κ3) is 4.89. The van der Waals surface area contributed by atoms with Crippen LogP contribution in [0.25, 0.3) is 0 Å². The summed E-state index contributed by atoms with van der Waals surface area (Å²) in [4.78, 5) is 28.3. The van der Waals surface area contributed by atoms with Gasteiger partial charge in [-0.1, -0.05) is 0 Å². The van der Waals surface area contributed by atoms with Gasteiger partial charge in [0, 0.05) is 50.4 Å². The van der Waals surface area contributed by atoms with Crippen LogP contribution in [0, 0.1) is 5.92 Å². The summed E-state index contributed by atoms with van der Waals surface area (Å²) in [6.45, 7) is 1.86. The van der Waals surface area contributed by atoms with Gasteiger partial charge in [-0.2, -0.15) is 0 Å². The molecule has 0 radical (unpaired) electrons. The number of amides is 2. The van der Waals surface area contributed by atoms with Crippen molar-refractivity contribution in [2.75, 3.05) is 54.4 Å². The molecule has 4 rings (SSSR count). The van der Waals surface area contributed by atoms with E-state index in [9.17, 15) is 9.59 Å². The van der Waals surface area contributed by atoms with Crippen molar-refractivity contribution >= 4 is 11.8 Å². The number of rotatable bonds is 9. The lowest BCUT2D eigenvalue weighted by Gasteiger charge is -2.21. The number of carbonyl (C=O) groups excluding carboxylic acids is 2. The van der Waals surface area contributed by atoms with Gasteiger partial charge in [0.2, 0.25) is 12.7 Å². The van der Waals surface area contributed by atoms with E-state index in [-0.39, 0.29) is 31.1 Å². The Bertz CT molecular complexity index is 1040. The Hall–Kier alpha value is -3.46. The number of hydrogen-bond acceptors (Lipinski definition) is 7. The number of likely N-dealkylation sites (tertiary alicyclic amines) is 1. The predicted octanol–water partition coefficient (Wildman–Crippen LogP) is 2.44. The van der Waals surface area contributed by atoms with Crippen LogP contribution >= 0.6 is 0 Å². The monoisotopic (exact) mass is 470 g/mol. The minimum atomic E-state index is -0.443. The van der Waals surface area contributed by atoms with Gasteiger partial charge in [0.25, 0.3) is 5.91 Å². The molecule has 0 aliphatic carbocycles. The molecule has 1 saturated heterocycles. The molecule has 1 fully saturated rings. The maximum Gasteiger partial charge on any atom is 0.254 e. The summed E-state index contributed by atoms with van der Waals surface area (Å²) in [6, 6.07) is 10.6. The number of carbonyl (C=O) groups is 2. The summed E-state index contributed by atoms with van der Waals surface area (Å²) in [5, 5.41) is 2.99. The van der Waals surface area contributed by atoms with Crippen molar-refractivity contribution in [2.45, 2.75) is 12.3 Å². The van der Waals surface area contributed by atoms with Gasteiger partial charge in [-0.3, -0.25) is 9.59 Å². The molecule has 182 valence electrons.